The van der Waals surface area contributed by atoms with Crippen molar-refractivity contribution >= 4 is 0 Å². The summed E-state index contributed by atoms with van der Waals surface area (Å²) in [4.78, 5) is 0. The molecule has 0 aliphatic rings. The Hall–Kier alpha value is -2.48. The van der Waals surface area contributed by atoms with E-state index < -0.39 is 0 Å². The average molecular weight is 289 g/mol. The minimum atomic E-state index is 0.0349. The second-order valence-electron chi connectivity index (χ2n) is 4.13. The van der Waals surface area contributed by atoms with Crippen LogP contribution < -0.4 is 16.0 Å². The van der Waals surface area contributed by atoms with Crippen LogP contribution in [-0.4, -0.2) is 27.2 Å². The van der Waals surface area contributed by atoms with Crippen molar-refractivity contribution in [3.8, 4) is 12.1 Å². The molecule has 21 heavy (non-hydrogen) atoms. The van der Waals surface area contributed by atoms with Gasteiger partial charge in [0.15, 0.2) is 5.57 Å². The van der Waals surface area contributed by atoms with Crippen LogP contribution in [0.3, 0.4) is 0 Å². The number of methoxy groups -OCH3 is 1. The molecule has 0 unspecified atom stereocenters. The van der Waals surface area contributed by atoms with E-state index >= 15 is 0 Å². The van der Waals surface area contributed by atoms with E-state index in [4.69, 9.17) is 19.7 Å². The molecule has 1 heterocycles. The van der Waals surface area contributed by atoms with Crippen LogP contribution in [0.25, 0.3) is 0 Å². The molecule has 7 nitrogen and oxygen atoms in total. The average Bonchev–Trinajstić information content (AvgIpc) is 2.94. The van der Waals surface area contributed by atoms with E-state index in [0.717, 1.165) is 11.5 Å². The molecule has 0 aromatic carbocycles. The van der Waals surface area contributed by atoms with Crippen molar-refractivity contribution < 1.29 is 9.15 Å². The molecule has 112 valence electrons. The van der Waals surface area contributed by atoms with E-state index in [9.17, 15) is 0 Å². The van der Waals surface area contributed by atoms with E-state index in [-0.39, 0.29) is 5.57 Å². The van der Waals surface area contributed by atoms with Gasteiger partial charge in [0.2, 0.25) is 0 Å². The zero-order chi connectivity index (χ0) is 15.5. The predicted octanol–water partition coefficient (Wildman–Crippen LogP) is 0.583. The fourth-order valence-corrected chi connectivity index (χ4v) is 1.66. The second-order valence-corrected chi connectivity index (χ2v) is 4.13. The lowest BCUT2D eigenvalue weighted by molar-refractivity contribution is 0.162. The molecular formula is C14H19N5O2. The third kappa shape index (κ3) is 5.57. The van der Waals surface area contributed by atoms with Gasteiger partial charge in [-0.3, -0.25) is 0 Å². The fraction of sp³-hybridized carbons (Fsp3) is 0.429. The minimum absolute atomic E-state index is 0.0349. The lowest BCUT2D eigenvalue weighted by Crippen LogP contribution is -2.31. The monoisotopic (exact) mass is 289 g/mol. The molecule has 1 rings (SSSR count). The third-order valence-corrected chi connectivity index (χ3v) is 2.63. The smallest absolute Gasteiger partial charge is 0.169 e. The molecule has 0 saturated heterocycles. The van der Waals surface area contributed by atoms with Crippen LogP contribution in [0.15, 0.2) is 27.9 Å². The van der Waals surface area contributed by atoms with Crippen molar-refractivity contribution in [1.82, 2.24) is 16.0 Å². The highest BCUT2D eigenvalue weighted by Gasteiger charge is 2.04. The molecule has 0 spiro atoms. The number of allylic oxidation sites excluding steroid dienone is 1. The summed E-state index contributed by atoms with van der Waals surface area (Å²) in [5, 5.41) is 26.5. The third-order valence-electron chi connectivity index (χ3n) is 2.63. The van der Waals surface area contributed by atoms with Gasteiger partial charge in [0.1, 0.15) is 36.1 Å². The summed E-state index contributed by atoms with van der Waals surface area (Å²) in [6.07, 6.45) is 0. The number of hydrogen-bond acceptors (Lipinski definition) is 7. The highest BCUT2D eigenvalue weighted by atomic mass is 16.5. The Kier molecular flexibility index (Phi) is 7.44. The summed E-state index contributed by atoms with van der Waals surface area (Å²) in [6.45, 7) is 2.31. The molecule has 1 aromatic heterocycles. The first kappa shape index (κ1) is 16.6. The maximum atomic E-state index is 8.78. The van der Waals surface area contributed by atoms with Crippen molar-refractivity contribution in [3.63, 3.8) is 0 Å². The van der Waals surface area contributed by atoms with Crippen molar-refractivity contribution in [3.05, 3.63) is 35.0 Å². The van der Waals surface area contributed by atoms with E-state index in [0.29, 0.717) is 32.1 Å². The van der Waals surface area contributed by atoms with Gasteiger partial charge in [-0.1, -0.05) is 0 Å². The molecule has 0 bridgehead atoms. The Morgan fingerprint density at radius 1 is 1.24 bits per heavy atom. The number of nitriles is 2. The molecule has 0 fully saturated rings. The van der Waals surface area contributed by atoms with Gasteiger partial charge in [-0.15, -0.1) is 0 Å². The molecule has 0 amide bonds. The Bertz CT molecular complexity index is 534. The van der Waals surface area contributed by atoms with Crippen molar-refractivity contribution in [2.24, 2.45) is 0 Å². The Balaban J connectivity index is 2.29. The summed E-state index contributed by atoms with van der Waals surface area (Å²) in [7, 11) is 3.28. The number of nitrogens with zero attached hydrogens (tertiary/aromatic N) is 2. The van der Waals surface area contributed by atoms with Crippen LogP contribution in [-0.2, 0) is 17.9 Å². The number of nitrogens with one attached hydrogen (secondary N) is 3. The molecule has 0 saturated carbocycles. The topological polar surface area (TPSA) is 106 Å². The lowest BCUT2D eigenvalue weighted by atomic mass is 10.3. The van der Waals surface area contributed by atoms with Gasteiger partial charge in [0.05, 0.1) is 6.54 Å². The number of hydrogen-bond donors (Lipinski definition) is 3. The van der Waals surface area contributed by atoms with Crippen molar-refractivity contribution in [2.45, 2.75) is 13.2 Å². The molecule has 0 aliphatic heterocycles. The summed E-state index contributed by atoms with van der Waals surface area (Å²) in [6, 6.07) is 7.44. The SMILES string of the molecule is CNC(NCCNCc1ccc(COC)o1)=C(C#N)C#N. The van der Waals surface area contributed by atoms with E-state index in [1.54, 1.807) is 14.2 Å². The van der Waals surface area contributed by atoms with Crippen LogP contribution in [0, 0.1) is 22.7 Å². The van der Waals surface area contributed by atoms with Crippen LogP contribution in [0.2, 0.25) is 0 Å². The van der Waals surface area contributed by atoms with Gasteiger partial charge >= 0.3 is 0 Å². The zero-order valence-corrected chi connectivity index (χ0v) is 12.2. The van der Waals surface area contributed by atoms with Crippen LogP contribution in [0.1, 0.15) is 11.5 Å². The highest BCUT2D eigenvalue weighted by molar-refractivity contribution is 5.38. The lowest BCUT2D eigenvalue weighted by Gasteiger charge is -2.10. The number of ether oxygens (including phenoxy) is 1. The molecule has 0 radical (unpaired) electrons. The van der Waals surface area contributed by atoms with Crippen molar-refractivity contribution in [1.29, 1.82) is 10.5 Å². The standard InChI is InChI=1S/C14H19N5O2/c1-17-14(11(7-15)8-16)19-6-5-18-9-12-3-4-13(21-12)10-20-2/h3-4,17-19H,5-6,9-10H2,1-2H3. The highest BCUT2D eigenvalue weighted by Crippen LogP contribution is 2.08. The van der Waals surface area contributed by atoms with Crippen LogP contribution >= 0.6 is 0 Å². The van der Waals surface area contributed by atoms with E-state index in [1.165, 1.54) is 0 Å². The number of rotatable bonds is 9. The summed E-state index contributed by atoms with van der Waals surface area (Å²) < 4.78 is 10.5. The van der Waals surface area contributed by atoms with E-state index in [1.807, 2.05) is 24.3 Å². The van der Waals surface area contributed by atoms with Gasteiger partial charge in [-0.05, 0) is 12.1 Å². The Morgan fingerprint density at radius 2 is 1.95 bits per heavy atom. The van der Waals surface area contributed by atoms with E-state index in [2.05, 4.69) is 16.0 Å². The van der Waals surface area contributed by atoms with Gasteiger partial charge in [-0.2, -0.15) is 10.5 Å². The largest absolute Gasteiger partial charge is 0.462 e. The molecular weight excluding hydrogens is 270 g/mol. The summed E-state index contributed by atoms with van der Waals surface area (Å²) >= 11 is 0. The number of furan rings is 1. The molecule has 7 heteroatoms. The van der Waals surface area contributed by atoms with Gasteiger partial charge in [-0.25, -0.2) is 0 Å². The fourth-order valence-electron chi connectivity index (χ4n) is 1.66. The Labute approximate surface area is 124 Å². The quantitative estimate of drug-likeness (QED) is 0.451. The van der Waals surface area contributed by atoms with Gasteiger partial charge in [0, 0.05) is 27.2 Å². The summed E-state index contributed by atoms with van der Waals surface area (Å²) in [5.41, 5.74) is 0.0349. The van der Waals surface area contributed by atoms with Gasteiger partial charge in [0.25, 0.3) is 0 Å². The minimum Gasteiger partial charge on any atom is -0.462 e. The molecule has 0 aliphatic carbocycles. The zero-order valence-electron chi connectivity index (χ0n) is 12.2. The molecule has 3 N–H and O–H groups in total. The first-order valence-electron chi connectivity index (χ1n) is 6.48. The van der Waals surface area contributed by atoms with Gasteiger partial charge < -0.3 is 25.1 Å². The van der Waals surface area contributed by atoms with Crippen LogP contribution in [0.4, 0.5) is 0 Å². The van der Waals surface area contributed by atoms with Crippen LogP contribution in [0.5, 0.6) is 0 Å². The second kappa shape index (κ2) is 9.43. The Morgan fingerprint density at radius 3 is 2.57 bits per heavy atom. The molecule has 1 aromatic rings. The summed E-state index contributed by atoms with van der Waals surface area (Å²) in [5.74, 6) is 2.06. The normalized spacial score (nSPS) is 9.52. The first-order chi connectivity index (χ1) is 10.2. The predicted molar refractivity (Wildman–Crippen MR) is 76.4 cm³/mol. The maximum absolute atomic E-state index is 8.78. The molecule has 0 atom stereocenters. The van der Waals surface area contributed by atoms with Crippen molar-refractivity contribution in [2.75, 3.05) is 27.2 Å². The maximum Gasteiger partial charge on any atom is 0.169 e. The first-order valence-corrected chi connectivity index (χ1v) is 6.48.